The zero-order valence-electron chi connectivity index (χ0n) is 13.8. The molecule has 2 aromatic heterocycles. The molecule has 3 aromatic carbocycles. The minimum absolute atomic E-state index is 0.880. The van der Waals surface area contributed by atoms with Crippen molar-refractivity contribution in [3.8, 4) is 16.9 Å². The van der Waals surface area contributed by atoms with Crippen LogP contribution in [0.3, 0.4) is 0 Å². The number of para-hydroxylation sites is 1. The second kappa shape index (κ2) is 6.07. The first-order valence-corrected chi connectivity index (χ1v) is 9.16. The van der Waals surface area contributed by atoms with E-state index in [-0.39, 0.29) is 0 Å². The minimum atomic E-state index is 0.880. The normalized spacial score (nSPS) is 11.3. The molecule has 0 atom stereocenters. The lowest BCUT2D eigenvalue weighted by Crippen LogP contribution is -1.93. The number of halogens is 1. The van der Waals surface area contributed by atoms with E-state index in [4.69, 9.17) is 0 Å². The second-order valence-electron chi connectivity index (χ2n) is 6.16. The average molecular weight is 400 g/mol. The lowest BCUT2D eigenvalue weighted by Gasteiger charge is -2.07. The van der Waals surface area contributed by atoms with E-state index in [1.54, 1.807) is 18.6 Å². The molecule has 26 heavy (non-hydrogen) atoms. The van der Waals surface area contributed by atoms with Crippen LogP contribution in [0.2, 0.25) is 0 Å². The summed E-state index contributed by atoms with van der Waals surface area (Å²) in [6.45, 7) is 0. The van der Waals surface area contributed by atoms with Crippen molar-refractivity contribution >= 4 is 37.7 Å². The van der Waals surface area contributed by atoms with Crippen molar-refractivity contribution in [2.45, 2.75) is 0 Å². The molecule has 0 saturated carbocycles. The molecule has 0 spiro atoms. The van der Waals surface area contributed by atoms with Gasteiger partial charge in [-0.25, -0.2) is 0 Å². The molecule has 0 amide bonds. The summed E-state index contributed by atoms with van der Waals surface area (Å²) in [7, 11) is 0. The maximum absolute atomic E-state index is 4.44. The van der Waals surface area contributed by atoms with Crippen LogP contribution in [-0.4, -0.2) is 14.5 Å². The van der Waals surface area contributed by atoms with Gasteiger partial charge < -0.3 is 4.57 Å². The number of nitrogens with zero attached hydrogens (tertiary/aromatic N) is 3. The molecule has 0 bridgehead atoms. The lowest BCUT2D eigenvalue weighted by atomic mass is 10.1. The SMILES string of the molecule is Brc1ccc2c(c1)c1cc(-c3cnccn3)ccc1n2-c1ccccc1. The van der Waals surface area contributed by atoms with E-state index < -0.39 is 0 Å². The fourth-order valence-corrected chi connectivity index (χ4v) is 3.82. The minimum Gasteiger partial charge on any atom is -0.309 e. The Morgan fingerprint density at radius 1 is 0.769 bits per heavy atom. The van der Waals surface area contributed by atoms with Crippen LogP contribution in [0.1, 0.15) is 0 Å². The Labute approximate surface area is 159 Å². The summed E-state index contributed by atoms with van der Waals surface area (Å²) in [6.07, 6.45) is 5.22. The number of aromatic nitrogens is 3. The molecule has 3 nitrogen and oxygen atoms in total. The van der Waals surface area contributed by atoms with Gasteiger partial charge in [0.1, 0.15) is 0 Å². The van der Waals surface area contributed by atoms with Gasteiger partial charge in [0, 0.05) is 38.9 Å². The molecule has 0 N–H and O–H groups in total. The van der Waals surface area contributed by atoms with Crippen molar-refractivity contribution in [2.24, 2.45) is 0 Å². The molecule has 4 heteroatoms. The quantitative estimate of drug-likeness (QED) is 0.364. The third kappa shape index (κ3) is 2.42. The first-order chi connectivity index (χ1) is 12.8. The number of hydrogen-bond acceptors (Lipinski definition) is 2. The van der Waals surface area contributed by atoms with E-state index >= 15 is 0 Å². The Hall–Kier alpha value is -2.98. The van der Waals surface area contributed by atoms with Crippen LogP contribution in [0.5, 0.6) is 0 Å². The summed E-state index contributed by atoms with van der Waals surface area (Å²) in [4.78, 5) is 8.63. The van der Waals surface area contributed by atoms with Gasteiger partial charge >= 0.3 is 0 Å². The van der Waals surface area contributed by atoms with E-state index in [0.29, 0.717) is 0 Å². The van der Waals surface area contributed by atoms with Gasteiger partial charge in [0.2, 0.25) is 0 Å². The van der Waals surface area contributed by atoms with Gasteiger partial charge in [0.05, 0.1) is 22.9 Å². The van der Waals surface area contributed by atoms with Crippen molar-refractivity contribution in [1.29, 1.82) is 0 Å². The van der Waals surface area contributed by atoms with E-state index in [1.807, 2.05) is 6.07 Å². The van der Waals surface area contributed by atoms with Crippen molar-refractivity contribution in [3.63, 3.8) is 0 Å². The topological polar surface area (TPSA) is 30.7 Å². The van der Waals surface area contributed by atoms with E-state index in [0.717, 1.165) is 21.4 Å². The number of rotatable bonds is 2. The van der Waals surface area contributed by atoms with Crippen LogP contribution in [0.25, 0.3) is 38.8 Å². The van der Waals surface area contributed by atoms with Gasteiger partial charge in [0.25, 0.3) is 0 Å². The van der Waals surface area contributed by atoms with Gasteiger partial charge in [-0.3, -0.25) is 9.97 Å². The van der Waals surface area contributed by atoms with Crippen molar-refractivity contribution in [1.82, 2.24) is 14.5 Å². The highest BCUT2D eigenvalue weighted by molar-refractivity contribution is 9.10. The molecular weight excluding hydrogens is 386 g/mol. The average Bonchev–Trinajstić information content (AvgIpc) is 3.02. The summed E-state index contributed by atoms with van der Waals surface area (Å²) >= 11 is 3.62. The van der Waals surface area contributed by atoms with Crippen LogP contribution in [0.4, 0.5) is 0 Å². The highest BCUT2D eigenvalue weighted by atomic mass is 79.9. The molecule has 0 saturated heterocycles. The second-order valence-corrected chi connectivity index (χ2v) is 7.07. The monoisotopic (exact) mass is 399 g/mol. The predicted octanol–water partition coefficient (Wildman–Crippen LogP) is 6.00. The van der Waals surface area contributed by atoms with E-state index in [2.05, 4.69) is 91.1 Å². The lowest BCUT2D eigenvalue weighted by molar-refractivity contribution is 1.18. The van der Waals surface area contributed by atoms with Gasteiger partial charge in [-0.05, 0) is 42.5 Å². The molecule has 124 valence electrons. The van der Waals surface area contributed by atoms with Crippen LogP contribution in [0.15, 0.2) is 89.8 Å². The van der Waals surface area contributed by atoms with Crippen molar-refractivity contribution < 1.29 is 0 Å². The van der Waals surface area contributed by atoms with Gasteiger partial charge in [-0.1, -0.05) is 40.2 Å². The summed E-state index contributed by atoms with van der Waals surface area (Å²) in [5.74, 6) is 0. The maximum atomic E-state index is 4.44. The molecule has 0 unspecified atom stereocenters. The molecule has 0 fully saturated rings. The molecule has 0 radical (unpaired) electrons. The Kier molecular flexibility index (Phi) is 3.57. The molecule has 5 aromatic rings. The zero-order chi connectivity index (χ0) is 17.5. The summed E-state index contributed by atoms with van der Waals surface area (Å²) in [6, 6.07) is 23.4. The predicted molar refractivity (Wildman–Crippen MR) is 110 cm³/mol. The zero-order valence-corrected chi connectivity index (χ0v) is 15.4. The highest BCUT2D eigenvalue weighted by Crippen LogP contribution is 2.35. The number of benzene rings is 3. The number of fused-ring (bicyclic) bond motifs is 3. The third-order valence-corrected chi connectivity index (χ3v) is 5.09. The highest BCUT2D eigenvalue weighted by Gasteiger charge is 2.13. The summed E-state index contributed by atoms with van der Waals surface area (Å²) in [5, 5.41) is 2.41. The van der Waals surface area contributed by atoms with Crippen molar-refractivity contribution in [2.75, 3.05) is 0 Å². The first kappa shape index (κ1) is 15.3. The van der Waals surface area contributed by atoms with Gasteiger partial charge in [-0.15, -0.1) is 0 Å². The Balaban J connectivity index is 1.87. The summed E-state index contributed by atoms with van der Waals surface area (Å²) in [5.41, 5.74) is 5.47. The van der Waals surface area contributed by atoms with E-state index in [9.17, 15) is 0 Å². The van der Waals surface area contributed by atoms with Crippen LogP contribution in [-0.2, 0) is 0 Å². The number of hydrogen-bond donors (Lipinski definition) is 0. The molecular formula is C22H14BrN3. The van der Waals surface area contributed by atoms with Crippen molar-refractivity contribution in [3.05, 3.63) is 89.8 Å². The Morgan fingerprint density at radius 2 is 1.54 bits per heavy atom. The Bertz CT molecular complexity index is 1230. The van der Waals surface area contributed by atoms with Crippen LogP contribution >= 0.6 is 15.9 Å². The summed E-state index contributed by atoms with van der Waals surface area (Å²) < 4.78 is 3.37. The maximum Gasteiger partial charge on any atom is 0.0885 e. The van der Waals surface area contributed by atoms with Gasteiger partial charge in [0.15, 0.2) is 0 Å². The van der Waals surface area contributed by atoms with Crippen LogP contribution in [0, 0.1) is 0 Å². The smallest absolute Gasteiger partial charge is 0.0885 e. The van der Waals surface area contributed by atoms with Gasteiger partial charge in [-0.2, -0.15) is 0 Å². The largest absolute Gasteiger partial charge is 0.309 e. The standard InChI is InChI=1S/C22H14BrN3/c23-16-7-9-22-19(13-16)18-12-15(20-14-24-10-11-25-20)6-8-21(18)26(22)17-4-2-1-3-5-17/h1-14H. The van der Waals surface area contributed by atoms with E-state index in [1.165, 1.54) is 21.8 Å². The first-order valence-electron chi connectivity index (χ1n) is 8.37. The van der Waals surface area contributed by atoms with Crippen LogP contribution < -0.4 is 0 Å². The third-order valence-electron chi connectivity index (χ3n) is 4.60. The fourth-order valence-electron chi connectivity index (χ4n) is 3.46. The molecule has 5 rings (SSSR count). The molecule has 0 aliphatic rings. The fraction of sp³-hybridized carbons (Fsp3) is 0. The Morgan fingerprint density at radius 3 is 2.31 bits per heavy atom. The molecule has 2 heterocycles. The molecule has 0 aliphatic carbocycles. The molecule has 0 aliphatic heterocycles.